The number of carboxylic acid groups (broad SMARTS) is 2. The first kappa shape index (κ1) is 44.5. The van der Waals surface area contributed by atoms with Crippen molar-refractivity contribution in [2.75, 3.05) is 23.7 Å². The molecule has 6 aromatic rings. The smallest absolute Gasteiger partial charge is 0.335 e. The number of sulfonamides is 2. The maximum absolute atomic E-state index is 12.9. The first-order valence-electron chi connectivity index (χ1n) is 18.7. The third-order valence-corrected chi connectivity index (χ3v) is 12.3. The molecule has 0 amide bonds. The van der Waals surface area contributed by atoms with Crippen molar-refractivity contribution in [1.29, 1.82) is 0 Å². The molecule has 0 aromatic heterocycles. The molecule has 0 bridgehead atoms. The van der Waals surface area contributed by atoms with Gasteiger partial charge in [-0.3, -0.25) is 9.44 Å². The van der Waals surface area contributed by atoms with E-state index in [1.165, 1.54) is 26.4 Å². The van der Waals surface area contributed by atoms with E-state index in [4.69, 9.17) is 19.7 Å². The Bertz CT molecular complexity index is 2720. The maximum atomic E-state index is 12.9. The highest BCUT2D eigenvalue weighted by atomic mass is 32.2. The van der Waals surface area contributed by atoms with Crippen molar-refractivity contribution in [3.8, 4) is 11.5 Å². The number of nitrogens with one attached hydrogen (secondary N) is 2. The number of benzene rings is 6. The number of hydrogen-bond donors (Lipinski definition) is 4. The third-order valence-electron chi connectivity index (χ3n) is 9.39. The van der Waals surface area contributed by atoms with Gasteiger partial charge in [-0.25, -0.2) is 26.4 Å². The van der Waals surface area contributed by atoms with E-state index < -0.39 is 32.0 Å². The normalized spacial score (nSPS) is 11.1. The van der Waals surface area contributed by atoms with Crippen LogP contribution in [0.15, 0.2) is 143 Å². The molecule has 60 heavy (non-hydrogen) atoms. The van der Waals surface area contributed by atoms with Gasteiger partial charge in [0.15, 0.2) is 0 Å². The van der Waals surface area contributed by atoms with Crippen molar-refractivity contribution in [3.05, 3.63) is 178 Å². The van der Waals surface area contributed by atoms with Crippen molar-refractivity contribution in [2.45, 2.75) is 49.3 Å². The number of rotatable bonds is 16. The van der Waals surface area contributed by atoms with Gasteiger partial charge in [-0.2, -0.15) is 0 Å². The number of methoxy groups -OCH3 is 2. The van der Waals surface area contributed by atoms with Crippen LogP contribution in [0.1, 0.15) is 54.1 Å². The Morgan fingerprint density at radius 3 is 1.40 bits per heavy atom. The molecule has 14 heteroatoms. The topological polar surface area (TPSA) is 185 Å². The second-order valence-corrected chi connectivity index (χ2v) is 17.2. The van der Waals surface area contributed by atoms with E-state index in [-0.39, 0.29) is 26.7 Å². The van der Waals surface area contributed by atoms with Crippen LogP contribution < -0.4 is 18.9 Å². The SMILES string of the molecule is COc1ccc(OC)c(S(=O)(=O)Nc2cccc(CCc3cccc(C(=O)O)c3)c2)c1.Cc1ccc(S(=O)(=O)Nc2cccc(CCc3cccc(C(=O)O)c3)c2)c(C)c1. The summed E-state index contributed by atoms with van der Waals surface area (Å²) in [6.45, 7) is 3.70. The van der Waals surface area contributed by atoms with Crippen LogP contribution >= 0.6 is 0 Å². The second kappa shape index (κ2) is 19.9. The molecular formula is C46H46N2O10S2. The summed E-state index contributed by atoms with van der Waals surface area (Å²) in [5.74, 6) is -1.30. The summed E-state index contributed by atoms with van der Waals surface area (Å²) >= 11 is 0. The zero-order valence-corrected chi connectivity index (χ0v) is 35.1. The van der Waals surface area contributed by atoms with Crippen LogP contribution in [-0.2, 0) is 45.7 Å². The minimum absolute atomic E-state index is 0.0229. The van der Waals surface area contributed by atoms with Crippen LogP contribution in [0.2, 0.25) is 0 Å². The summed E-state index contributed by atoms with van der Waals surface area (Å²) in [6.07, 6.45) is 2.58. The highest BCUT2D eigenvalue weighted by molar-refractivity contribution is 7.93. The predicted molar refractivity (Wildman–Crippen MR) is 232 cm³/mol. The summed E-state index contributed by atoms with van der Waals surface area (Å²) in [7, 11) is -4.72. The summed E-state index contributed by atoms with van der Waals surface area (Å²) in [6, 6.07) is 37.8. The summed E-state index contributed by atoms with van der Waals surface area (Å²) in [5, 5.41) is 18.2. The third kappa shape index (κ3) is 12.2. The lowest BCUT2D eigenvalue weighted by molar-refractivity contribution is 0.0686. The van der Waals surface area contributed by atoms with E-state index in [1.54, 1.807) is 85.8 Å². The Balaban J connectivity index is 0.000000228. The largest absolute Gasteiger partial charge is 0.497 e. The molecule has 0 fully saturated rings. The van der Waals surface area contributed by atoms with Crippen LogP contribution in [0.4, 0.5) is 11.4 Å². The monoisotopic (exact) mass is 850 g/mol. The van der Waals surface area contributed by atoms with Crippen molar-refractivity contribution in [1.82, 2.24) is 0 Å². The first-order valence-corrected chi connectivity index (χ1v) is 21.7. The Hall–Kier alpha value is -6.64. The molecular weight excluding hydrogens is 805 g/mol. The Labute approximate surface area is 350 Å². The fraction of sp³-hybridized carbons (Fsp3) is 0.174. The van der Waals surface area contributed by atoms with E-state index in [0.717, 1.165) is 27.8 Å². The lowest BCUT2D eigenvalue weighted by atomic mass is 10.0. The van der Waals surface area contributed by atoms with Crippen LogP contribution in [-0.4, -0.2) is 53.2 Å². The van der Waals surface area contributed by atoms with Gasteiger partial charge >= 0.3 is 11.9 Å². The van der Waals surface area contributed by atoms with E-state index in [0.29, 0.717) is 48.4 Å². The highest BCUT2D eigenvalue weighted by Crippen LogP contribution is 2.30. The molecule has 4 N–H and O–H groups in total. The van der Waals surface area contributed by atoms with E-state index in [2.05, 4.69) is 9.44 Å². The summed E-state index contributed by atoms with van der Waals surface area (Å²) in [5.41, 5.74) is 6.83. The number of aromatic carboxylic acids is 2. The number of hydrogen-bond acceptors (Lipinski definition) is 8. The quantitative estimate of drug-likeness (QED) is 0.0735. The van der Waals surface area contributed by atoms with Crippen LogP contribution in [0, 0.1) is 13.8 Å². The first-order chi connectivity index (χ1) is 28.6. The number of anilines is 2. The van der Waals surface area contributed by atoms with Crippen LogP contribution in [0.3, 0.4) is 0 Å². The zero-order chi connectivity index (χ0) is 43.5. The fourth-order valence-corrected chi connectivity index (χ4v) is 8.90. The Kier molecular flexibility index (Phi) is 14.7. The van der Waals surface area contributed by atoms with Gasteiger partial charge < -0.3 is 19.7 Å². The molecule has 0 unspecified atom stereocenters. The van der Waals surface area contributed by atoms with Crippen LogP contribution in [0.25, 0.3) is 0 Å². The summed E-state index contributed by atoms with van der Waals surface area (Å²) < 4.78 is 67.0. The molecule has 6 aromatic carbocycles. The molecule has 12 nitrogen and oxygen atoms in total. The van der Waals surface area contributed by atoms with Crippen molar-refractivity contribution in [2.24, 2.45) is 0 Å². The number of aryl methyl sites for hydroxylation is 6. The van der Waals surface area contributed by atoms with Crippen molar-refractivity contribution >= 4 is 43.4 Å². The lowest BCUT2D eigenvalue weighted by Crippen LogP contribution is -2.14. The molecule has 0 heterocycles. The van der Waals surface area contributed by atoms with Gasteiger partial charge in [0, 0.05) is 17.4 Å². The molecule has 0 saturated heterocycles. The fourth-order valence-electron chi connectivity index (χ4n) is 6.39. The lowest BCUT2D eigenvalue weighted by Gasteiger charge is -2.13. The molecule has 0 spiro atoms. The number of carbonyl (C=O) groups is 2. The van der Waals surface area contributed by atoms with E-state index in [9.17, 15) is 26.4 Å². The average Bonchev–Trinajstić information content (AvgIpc) is 3.22. The van der Waals surface area contributed by atoms with Gasteiger partial charge in [-0.05, 0) is 134 Å². The van der Waals surface area contributed by atoms with E-state index in [1.807, 2.05) is 49.4 Å². The van der Waals surface area contributed by atoms with Gasteiger partial charge in [0.25, 0.3) is 20.0 Å². The highest BCUT2D eigenvalue weighted by Gasteiger charge is 2.21. The molecule has 312 valence electrons. The maximum Gasteiger partial charge on any atom is 0.335 e. The summed E-state index contributed by atoms with van der Waals surface area (Å²) in [4.78, 5) is 22.5. The van der Waals surface area contributed by atoms with Crippen molar-refractivity contribution < 1.29 is 46.1 Å². The van der Waals surface area contributed by atoms with Crippen molar-refractivity contribution in [3.63, 3.8) is 0 Å². The molecule has 0 aliphatic rings. The van der Waals surface area contributed by atoms with Gasteiger partial charge in [0.2, 0.25) is 0 Å². The minimum atomic E-state index is -3.91. The van der Waals surface area contributed by atoms with Gasteiger partial charge in [-0.15, -0.1) is 0 Å². The van der Waals surface area contributed by atoms with Gasteiger partial charge in [0.05, 0.1) is 30.2 Å². The molecule has 0 aliphatic carbocycles. The zero-order valence-electron chi connectivity index (χ0n) is 33.5. The van der Waals surface area contributed by atoms with Gasteiger partial charge in [-0.1, -0.05) is 66.2 Å². The molecule has 0 atom stereocenters. The molecule has 6 rings (SSSR count). The molecule has 0 radical (unpaired) electrons. The average molecular weight is 851 g/mol. The molecule has 0 aliphatic heterocycles. The molecule has 0 saturated carbocycles. The Morgan fingerprint density at radius 2 is 0.967 bits per heavy atom. The van der Waals surface area contributed by atoms with Gasteiger partial charge in [0.1, 0.15) is 16.4 Å². The Morgan fingerprint density at radius 1 is 0.517 bits per heavy atom. The second-order valence-electron chi connectivity index (χ2n) is 13.9. The standard InChI is InChI=1S/C23H23NO6S.C23H23NO4S/c1-29-20-11-12-21(30-2)22(15-20)31(27,28)24-19-8-4-6-17(14-19)10-9-16-5-3-7-18(13-16)23(25)26;1-16-9-12-22(17(2)13-16)29(27,28)24-21-8-4-6-19(15-21)11-10-18-5-3-7-20(14-18)23(25)26/h3-8,11-15,24H,9-10H2,1-2H3,(H,25,26);3-9,12-15,24H,10-11H2,1-2H3,(H,25,26). The predicted octanol–water partition coefficient (Wildman–Crippen LogP) is 8.58. The van der Waals surface area contributed by atoms with E-state index >= 15 is 0 Å². The number of carboxylic acids is 2. The minimum Gasteiger partial charge on any atom is -0.497 e. The number of ether oxygens (including phenoxy) is 2. The van der Waals surface area contributed by atoms with Crippen LogP contribution in [0.5, 0.6) is 11.5 Å².